The maximum absolute atomic E-state index is 10.2. The van der Waals surface area contributed by atoms with E-state index >= 15 is 0 Å². The molecule has 0 radical (unpaired) electrons. The zero-order valence-electron chi connectivity index (χ0n) is 25.3. The lowest BCUT2D eigenvalue weighted by Gasteiger charge is -2.46. The number of benzene rings is 4. The largest absolute Gasteiger partial charge is 0.394 e. The summed E-state index contributed by atoms with van der Waals surface area (Å²) < 4.78 is 32.9. The van der Waals surface area contributed by atoms with E-state index in [0.717, 1.165) is 22.3 Å². The van der Waals surface area contributed by atoms with Crippen molar-refractivity contribution in [3.8, 4) is 0 Å². The van der Waals surface area contributed by atoms with E-state index in [1.54, 1.807) is 0 Å². The first-order chi connectivity index (χ1) is 22.2. The molecule has 6 atom stereocenters. The molecule has 1 aliphatic rings. The van der Waals surface area contributed by atoms with Crippen molar-refractivity contribution < 1.29 is 33.9 Å². The summed E-state index contributed by atoms with van der Waals surface area (Å²) in [6.07, 6.45) is -2.98. The highest BCUT2D eigenvalue weighted by Gasteiger charge is 2.48. The van der Waals surface area contributed by atoms with Crippen LogP contribution in [0.25, 0.3) is 0 Å². The van der Waals surface area contributed by atoms with E-state index in [1.807, 2.05) is 121 Å². The summed E-state index contributed by atoms with van der Waals surface area (Å²) in [5.41, 5.74) is 3.64. The van der Waals surface area contributed by atoms with Crippen molar-refractivity contribution in [3.05, 3.63) is 144 Å². The van der Waals surface area contributed by atoms with Gasteiger partial charge in [-0.25, -0.2) is 0 Å². The van der Waals surface area contributed by atoms with E-state index in [0.29, 0.717) is 26.4 Å². The molecule has 1 aliphatic heterocycles. The van der Waals surface area contributed by atoms with Gasteiger partial charge in [-0.3, -0.25) is 0 Å². The lowest BCUT2D eigenvalue weighted by molar-refractivity contribution is -0.254. The lowest BCUT2D eigenvalue weighted by Crippen LogP contribution is -2.60. The van der Waals surface area contributed by atoms with Crippen molar-refractivity contribution in [2.45, 2.75) is 62.4 Å². The van der Waals surface area contributed by atoms with Gasteiger partial charge >= 0.3 is 0 Å². The minimum atomic E-state index is -0.892. The number of hydrogen-bond donors (Lipinski definition) is 2. The normalized spacial score (nSPS) is 22.2. The number of hydrogen-bond acceptors (Lipinski definition) is 8. The van der Waals surface area contributed by atoms with Gasteiger partial charge in [0.1, 0.15) is 29.9 Å². The van der Waals surface area contributed by atoms with Gasteiger partial charge in [-0.1, -0.05) is 121 Å². The predicted octanol–water partition coefficient (Wildman–Crippen LogP) is 5.77. The summed E-state index contributed by atoms with van der Waals surface area (Å²) in [6, 6.07) is 40.0. The van der Waals surface area contributed by atoms with Crippen LogP contribution in [0.3, 0.4) is 0 Å². The van der Waals surface area contributed by atoms with Gasteiger partial charge in [-0.05, 0) is 22.3 Å². The van der Waals surface area contributed by atoms with Gasteiger partial charge < -0.3 is 33.9 Å². The molecule has 8 heteroatoms. The van der Waals surface area contributed by atoms with E-state index in [4.69, 9.17) is 23.7 Å². The summed E-state index contributed by atoms with van der Waals surface area (Å²) in [6.45, 7) is 1.43. The number of aliphatic hydroxyl groups excluding tert-OH is 2. The van der Waals surface area contributed by atoms with Crippen LogP contribution in [0.5, 0.6) is 0 Å². The first-order valence-electron chi connectivity index (χ1n) is 15.3. The second-order valence-corrected chi connectivity index (χ2v) is 12.1. The molecule has 0 aromatic heterocycles. The molecule has 0 bridgehead atoms. The molecule has 1 fully saturated rings. The zero-order chi connectivity index (χ0) is 31.1. The van der Waals surface area contributed by atoms with E-state index < -0.39 is 36.0 Å². The topological polar surface area (TPSA) is 86.6 Å². The van der Waals surface area contributed by atoms with Crippen molar-refractivity contribution in [2.75, 3.05) is 19.0 Å². The van der Waals surface area contributed by atoms with Crippen molar-refractivity contribution in [1.82, 2.24) is 0 Å². The van der Waals surface area contributed by atoms with Crippen LogP contribution in [0.4, 0.5) is 0 Å². The molecule has 2 N–H and O–H groups in total. The molecule has 1 unspecified atom stereocenters. The summed E-state index contributed by atoms with van der Waals surface area (Å²) in [5.74, 6) is 0.269. The van der Waals surface area contributed by atoms with Crippen molar-refractivity contribution >= 4 is 11.8 Å². The van der Waals surface area contributed by atoms with Crippen LogP contribution in [0.1, 0.15) is 22.3 Å². The maximum Gasteiger partial charge on any atom is 0.132 e. The van der Waals surface area contributed by atoms with Gasteiger partial charge in [0, 0.05) is 5.75 Å². The summed E-state index contributed by atoms with van der Waals surface area (Å²) in [7, 11) is 0. The number of aliphatic hydroxyl groups is 2. The fraction of sp³-hybridized carbons (Fsp3) is 0.351. The average Bonchev–Trinajstić information content (AvgIpc) is 3.10. The molecular formula is C37H42O7S. The van der Waals surface area contributed by atoms with Crippen LogP contribution < -0.4 is 0 Å². The highest BCUT2D eigenvalue weighted by molar-refractivity contribution is 7.99. The molecule has 1 heterocycles. The third kappa shape index (κ3) is 10.5. The molecule has 4 aromatic carbocycles. The van der Waals surface area contributed by atoms with Gasteiger partial charge in [0.15, 0.2) is 0 Å². The Kier molecular flexibility index (Phi) is 13.5. The van der Waals surface area contributed by atoms with Gasteiger partial charge in [0.05, 0.1) is 45.7 Å². The van der Waals surface area contributed by atoms with Crippen LogP contribution in [-0.2, 0) is 50.1 Å². The van der Waals surface area contributed by atoms with Gasteiger partial charge in [-0.15, -0.1) is 11.8 Å². The Bertz CT molecular complexity index is 1350. The molecule has 238 valence electrons. The Labute approximate surface area is 270 Å². The van der Waals surface area contributed by atoms with Crippen molar-refractivity contribution in [2.24, 2.45) is 0 Å². The van der Waals surface area contributed by atoms with E-state index in [-0.39, 0.29) is 19.0 Å². The number of thioether (sulfide) groups is 1. The Morgan fingerprint density at radius 1 is 0.578 bits per heavy atom. The smallest absolute Gasteiger partial charge is 0.132 e. The van der Waals surface area contributed by atoms with Crippen molar-refractivity contribution in [3.63, 3.8) is 0 Å². The third-order valence-electron chi connectivity index (χ3n) is 7.50. The van der Waals surface area contributed by atoms with Crippen LogP contribution in [-0.4, -0.2) is 65.1 Å². The van der Waals surface area contributed by atoms with E-state index in [1.165, 1.54) is 11.8 Å². The Morgan fingerprint density at radius 2 is 1.00 bits per heavy atom. The summed E-state index contributed by atoms with van der Waals surface area (Å²) in [4.78, 5) is 0. The fourth-order valence-electron chi connectivity index (χ4n) is 5.14. The molecule has 4 aromatic rings. The molecule has 0 spiro atoms. The molecule has 0 aliphatic carbocycles. The van der Waals surface area contributed by atoms with Crippen LogP contribution in [0.2, 0.25) is 0 Å². The van der Waals surface area contributed by atoms with E-state index in [2.05, 4.69) is 0 Å². The average molecular weight is 631 g/mol. The maximum atomic E-state index is 10.2. The number of ether oxygens (including phenoxy) is 5. The highest BCUT2D eigenvalue weighted by atomic mass is 32.2. The van der Waals surface area contributed by atoms with Crippen LogP contribution >= 0.6 is 11.8 Å². The number of rotatable bonds is 17. The fourth-order valence-corrected chi connectivity index (χ4v) is 6.30. The Morgan fingerprint density at radius 3 is 1.47 bits per heavy atom. The third-order valence-corrected chi connectivity index (χ3v) is 8.79. The first-order valence-corrected chi connectivity index (χ1v) is 16.4. The molecule has 0 amide bonds. The van der Waals surface area contributed by atoms with E-state index in [9.17, 15) is 10.2 Å². The molecule has 5 rings (SSSR count). The second kappa shape index (κ2) is 18.2. The van der Waals surface area contributed by atoms with Gasteiger partial charge in [0.25, 0.3) is 0 Å². The highest BCUT2D eigenvalue weighted by Crippen LogP contribution is 2.36. The van der Waals surface area contributed by atoms with Crippen molar-refractivity contribution in [1.29, 1.82) is 0 Å². The van der Waals surface area contributed by atoms with Gasteiger partial charge in [-0.2, -0.15) is 0 Å². The molecular weight excluding hydrogens is 588 g/mol. The second-order valence-electron chi connectivity index (χ2n) is 11.0. The van der Waals surface area contributed by atoms with Crippen LogP contribution in [0, 0.1) is 0 Å². The lowest BCUT2D eigenvalue weighted by atomic mass is 9.98. The zero-order valence-corrected chi connectivity index (χ0v) is 26.1. The van der Waals surface area contributed by atoms with Gasteiger partial charge in [0.2, 0.25) is 0 Å². The predicted molar refractivity (Wildman–Crippen MR) is 175 cm³/mol. The molecule has 1 saturated heterocycles. The summed E-state index contributed by atoms with van der Waals surface area (Å²) >= 11 is 1.40. The minimum Gasteiger partial charge on any atom is -0.394 e. The Hall–Kier alpha value is -3.05. The molecule has 7 nitrogen and oxygen atoms in total. The Balaban J connectivity index is 1.43. The molecule has 0 saturated carbocycles. The van der Waals surface area contributed by atoms with Crippen LogP contribution in [0.15, 0.2) is 121 Å². The standard InChI is InChI=1S/C37H42O7S/c38-21-32(39)27-45-37-36(43-25-31-19-11-4-12-20-31)35(42-24-30-17-9-3-10-18-30)34(41-23-29-15-7-2-8-16-29)33(44-37)26-40-22-28-13-5-1-6-14-28/h1-20,32-39H,21-27H2/t32?,33-,34-,35+,36-,37-/m1/s1. The SMILES string of the molecule is OCC(O)CS[C@H]1O[C@H](COCc2ccccc2)[C@@H](OCc2ccccc2)[C@H](OCc2ccccc2)[C@H]1OCc1ccccc1. The first kappa shape index (κ1) is 33.3. The quantitative estimate of drug-likeness (QED) is 0.152. The monoisotopic (exact) mass is 630 g/mol. The minimum absolute atomic E-state index is 0.268. The summed E-state index contributed by atoms with van der Waals surface area (Å²) in [5, 5.41) is 19.8. The molecule has 45 heavy (non-hydrogen) atoms.